The van der Waals surface area contributed by atoms with Gasteiger partial charge in [-0.25, -0.2) is 0 Å². The molecule has 2 aliphatic rings. The first-order valence-corrected chi connectivity index (χ1v) is 8.36. The molecule has 2 saturated heterocycles. The minimum absolute atomic E-state index is 0.0271. The van der Waals surface area contributed by atoms with Crippen LogP contribution in [0.15, 0.2) is 24.3 Å². The lowest BCUT2D eigenvalue weighted by molar-refractivity contribution is -0.139. The summed E-state index contributed by atoms with van der Waals surface area (Å²) in [5.41, 5.74) is 0.766. The monoisotopic (exact) mass is 336 g/mol. The van der Waals surface area contributed by atoms with E-state index in [-0.39, 0.29) is 30.1 Å². The Kier molecular flexibility index (Phi) is 4.60. The Hall–Kier alpha value is -1.59. The van der Waals surface area contributed by atoms with Gasteiger partial charge in [0, 0.05) is 36.8 Å². The maximum Gasteiger partial charge on any atom is 0.228 e. The van der Waals surface area contributed by atoms with E-state index in [0.29, 0.717) is 24.7 Å². The Morgan fingerprint density at radius 3 is 2.61 bits per heavy atom. The number of hydrogen-bond donors (Lipinski definition) is 1. The summed E-state index contributed by atoms with van der Waals surface area (Å²) in [6, 6.07) is 7.06. The molecule has 0 saturated carbocycles. The quantitative estimate of drug-likeness (QED) is 0.897. The van der Waals surface area contributed by atoms with E-state index in [9.17, 15) is 14.7 Å². The summed E-state index contributed by atoms with van der Waals surface area (Å²) in [6.45, 7) is 3.41. The molecular formula is C17H21ClN2O3. The average Bonchev–Trinajstić information content (AvgIpc) is 2.92. The predicted octanol–water partition coefficient (Wildman–Crippen LogP) is 1.92. The van der Waals surface area contributed by atoms with Crippen molar-refractivity contribution in [2.75, 3.05) is 24.5 Å². The first-order chi connectivity index (χ1) is 11.0. The highest BCUT2D eigenvalue weighted by molar-refractivity contribution is 6.30. The van der Waals surface area contributed by atoms with E-state index in [0.717, 1.165) is 12.1 Å². The molecule has 1 aromatic rings. The van der Waals surface area contributed by atoms with Crippen molar-refractivity contribution in [3.63, 3.8) is 0 Å². The summed E-state index contributed by atoms with van der Waals surface area (Å²) >= 11 is 5.87. The Morgan fingerprint density at radius 2 is 1.96 bits per heavy atom. The molecule has 3 rings (SSSR count). The number of amides is 2. The van der Waals surface area contributed by atoms with Crippen LogP contribution in [0.3, 0.4) is 0 Å². The normalized spacial score (nSPS) is 28.3. The first kappa shape index (κ1) is 16.3. The van der Waals surface area contributed by atoms with Crippen LogP contribution < -0.4 is 4.90 Å². The van der Waals surface area contributed by atoms with Gasteiger partial charge in [0.2, 0.25) is 11.8 Å². The van der Waals surface area contributed by atoms with Crippen LogP contribution in [0.25, 0.3) is 0 Å². The number of likely N-dealkylation sites (tertiary alicyclic amines) is 1. The topological polar surface area (TPSA) is 60.9 Å². The fourth-order valence-electron chi connectivity index (χ4n) is 3.25. The Morgan fingerprint density at radius 1 is 1.26 bits per heavy atom. The Bertz CT molecular complexity index is 604. The summed E-state index contributed by atoms with van der Waals surface area (Å²) in [6.07, 6.45) is 0.551. The van der Waals surface area contributed by atoms with Crippen LogP contribution in [0, 0.1) is 11.8 Å². The number of halogens is 1. The molecule has 3 atom stereocenters. The van der Waals surface area contributed by atoms with Gasteiger partial charge in [0.15, 0.2) is 0 Å². The number of anilines is 1. The second-order valence-electron chi connectivity index (χ2n) is 6.50. The summed E-state index contributed by atoms with van der Waals surface area (Å²) in [4.78, 5) is 28.2. The molecule has 0 spiro atoms. The van der Waals surface area contributed by atoms with Crippen LogP contribution in [-0.2, 0) is 9.59 Å². The molecule has 1 aromatic carbocycles. The molecule has 6 heteroatoms. The lowest BCUT2D eigenvalue weighted by atomic mass is 9.94. The zero-order chi connectivity index (χ0) is 16.6. The average molecular weight is 337 g/mol. The zero-order valence-corrected chi connectivity index (χ0v) is 13.9. The van der Waals surface area contributed by atoms with Gasteiger partial charge in [0.25, 0.3) is 0 Å². The fraction of sp³-hybridized carbons (Fsp3) is 0.529. The highest BCUT2D eigenvalue weighted by Crippen LogP contribution is 2.28. The molecular weight excluding hydrogens is 316 g/mol. The van der Waals surface area contributed by atoms with Crippen molar-refractivity contribution in [1.82, 2.24) is 4.90 Å². The number of benzene rings is 1. The van der Waals surface area contributed by atoms with E-state index in [4.69, 9.17) is 11.6 Å². The first-order valence-electron chi connectivity index (χ1n) is 7.98. The minimum atomic E-state index is -0.475. The maximum atomic E-state index is 12.6. The van der Waals surface area contributed by atoms with Gasteiger partial charge >= 0.3 is 0 Å². The van der Waals surface area contributed by atoms with Crippen LogP contribution in [-0.4, -0.2) is 47.6 Å². The lowest BCUT2D eigenvalue weighted by Gasteiger charge is -2.35. The number of hydrogen-bond acceptors (Lipinski definition) is 3. The van der Waals surface area contributed by atoms with E-state index in [1.807, 2.05) is 6.92 Å². The summed E-state index contributed by atoms with van der Waals surface area (Å²) in [5.74, 6) is -0.189. The van der Waals surface area contributed by atoms with Crippen molar-refractivity contribution >= 4 is 29.1 Å². The number of β-amino-alcohol motifs (C(OH)–C–C–N with tert-alkyl or cyclic N) is 1. The summed E-state index contributed by atoms with van der Waals surface area (Å²) in [7, 11) is 0. The maximum absolute atomic E-state index is 12.6. The van der Waals surface area contributed by atoms with E-state index in [2.05, 4.69) is 0 Å². The van der Waals surface area contributed by atoms with Gasteiger partial charge in [-0.3, -0.25) is 9.59 Å². The molecule has 0 aromatic heterocycles. The molecule has 0 aliphatic carbocycles. The molecule has 124 valence electrons. The van der Waals surface area contributed by atoms with E-state index >= 15 is 0 Å². The number of piperidine rings is 1. The molecule has 2 amide bonds. The lowest BCUT2D eigenvalue weighted by Crippen LogP contribution is -2.48. The van der Waals surface area contributed by atoms with Crippen molar-refractivity contribution < 1.29 is 14.7 Å². The van der Waals surface area contributed by atoms with Gasteiger partial charge in [-0.2, -0.15) is 0 Å². The smallest absolute Gasteiger partial charge is 0.228 e. The fourth-order valence-corrected chi connectivity index (χ4v) is 3.38. The van der Waals surface area contributed by atoms with Crippen LogP contribution in [0.4, 0.5) is 5.69 Å². The Balaban J connectivity index is 1.67. The SMILES string of the molecule is CC1CCN(C(=O)C2CC(=O)N(c3ccc(Cl)cc3)C2)CC1O. The molecule has 3 unspecified atom stereocenters. The molecule has 2 aliphatic heterocycles. The number of rotatable bonds is 2. The molecule has 0 bridgehead atoms. The zero-order valence-electron chi connectivity index (χ0n) is 13.1. The van der Waals surface area contributed by atoms with Gasteiger partial charge in [-0.05, 0) is 36.6 Å². The second-order valence-corrected chi connectivity index (χ2v) is 6.94. The minimum Gasteiger partial charge on any atom is -0.391 e. The number of aliphatic hydroxyl groups excluding tert-OH is 1. The molecule has 2 heterocycles. The van der Waals surface area contributed by atoms with E-state index in [1.54, 1.807) is 34.1 Å². The van der Waals surface area contributed by atoms with Gasteiger partial charge in [0.1, 0.15) is 0 Å². The molecule has 1 N–H and O–H groups in total. The van der Waals surface area contributed by atoms with Crippen LogP contribution >= 0.6 is 11.6 Å². The molecule has 23 heavy (non-hydrogen) atoms. The number of nitrogens with zero attached hydrogens (tertiary/aromatic N) is 2. The van der Waals surface area contributed by atoms with Crippen molar-refractivity contribution in [2.45, 2.75) is 25.9 Å². The standard InChI is InChI=1S/C17H21ClN2O3/c1-11-6-7-19(10-15(11)21)17(23)12-8-16(22)20(9-12)14-4-2-13(18)3-5-14/h2-5,11-12,15,21H,6-10H2,1H3. The number of carbonyl (C=O) groups excluding carboxylic acids is 2. The van der Waals surface area contributed by atoms with Gasteiger partial charge in [-0.1, -0.05) is 18.5 Å². The van der Waals surface area contributed by atoms with Crippen LogP contribution in [0.1, 0.15) is 19.8 Å². The van der Waals surface area contributed by atoms with Crippen LogP contribution in [0.2, 0.25) is 5.02 Å². The van der Waals surface area contributed by atoms with Crippen molar-refractivity contribution in [1.29, 1.82) is 0 Å². The second kappa shape index (κ2) is 6.49. The van der Waals surface area contributed by atoms with Gasteiger partial charge in [0.05, 0.1) is 12.0 Å². The van der Waals surface area contributed by atoms with Gasteiger partial charge in [-0.15, -0.1) is 0 Å². The third kappa shape index (κ3) is 3.35. The van der Waals surface area contributed by atoms with Crippen LogP contribution in [0.5, 0.6) is 0 Å². The highest BCUT2D eigenvalue weighted by Gasteiger charge is 2.38. The summed E-state index contributed by atoms with van der Waals surface area (Å²) in [5, 5.41) is 10.6. The molecule has 2 fully saturated rings. The van der Waals surface area contributed by atoms with Crippen molar-refractivity contribution in [2.24, 2.45) is 11.8 Å². The number of carbonyl (C=O) groups is 2. The van der Waals surface area contributed by atoms with Crippen molar-refractivity contribution in [3.8, 4) is 0 Å². The highest BCUT2D eigenvalue weighted by atomic mass is 35.5. The van der Waals surface area contributed by atoms with E-state index in [1.165, 1.54) is 0 Å². The Labute approximate surface area is 140 Å². The van der Waals surface area contributed by atoms with Crippen molar-refractivity contribution in [3.05, 3.63) is 29.3 Å². The largest absolute Gasteiger partial charge is 0.391 e. The number of aliphatic hydroxyl groups is 1. The predicted molar refractivity (Wildman–Crippen MR) is 88.3 cm³/mol. The van der Waals surface area contributed by atoms with Gasteiger partial charge < -0.3 is 14.9 Å². The van der Waals surface area contributed by atoms with E-state index < -0.39 is 6.10 Å². The summed E-state index contributed by atoms with van der Waals surface area (Å²) < 4.78 is 0. The third-order valence-corrected chi connectivity index (χ3v) is 5.09. The molecule has 0 radical (unpaired) electrons. The molecule has 5 nitrogen and oxygen atoms in total. The third-order valence-electron chi connectivity index (χ3n) is 4.84.